The molecule has 0 atom stereocenters. The Kier molecular flexibility index (Phi) is 4.19. The van der Waals surface area contributed by atoms with Crippen molar-refractivity contribution in [2.75, 3.05) is 14.2 Å². The molecule has 126 valence electrons. The summed E-state index contributed by atoms with van der Waals surface area (Å²) in [6.45, 7) is 0. The predicted molar refractivity (Wildman–Crippen MR) is 86.5 cm³/mol. The minimum absolute atomic E-state index is 0.152. The Balaban J connectivity index is 2.14. The van der Waals surface area contributed by atoms with Crippen molar-refractivity contribution in [2.24, 2.45) is 0 Å². The molecule has 0 N–H and O–H groups in total. The number of methoxy groups -OCH3 is 2. The Morgan fingerprint density at radius 3 is 1.76 bits per heavy atom. The second-order valence-corrected chi connectivity index (χ2v) is 5.49. The summed E-state index contributed by atoms with van der Waals surface area (Å²) in [6.07, 6.45) is 0. The van der Waals surface area contributed by atoms with Crippen LogP contribution in [0.15, 0.2) is 42.5 Å². The summed E-state index contributed by atoms with van der Waals surface area (Å²) in [5, 5.41) is 0. The molecule has 25 heavy (non-hydrogen) atoms. The van der Waals surface area contributed by atoms with E-state index in [1.807, 2.05) is 0 Å². The minimum Gasteiger partial charge on any atom is -0.468 e. The molecular weight excluding hydrogens is 324 g/mol. The minimum atomic E-state index is -1.32. The molecule has 0 amide bonds. The predicted octanol–water partition coefficient (Wildman–Crippen LogP) is 1.89. The van der Waals surface area contributed by atoms with Gasteiger partial charge >= 0.3 is 11.9 Å². The largest absolute Gasteiger partial charge is 0.468 e. The van der Waals surface area contributed by atoms with Crippen molar-refractivity contribution in [3.63, 3.8) is 0 Å². The van der Waals surface area contributed by atoms with Gasteiger partial charge in [0.1, 0.15) is 0 Å². The summed E-state index contributed by atoms with van der Waals surface area (Å²) in [4.78, 5) is 49.2. The molecule has 0 heterocycles. The first-order valence-corrected chi connectivity index (χ1v) is 7.47. The van der Waals surface area contributed by atoms with Crippen LogP contribution in [0.5, 0.6) is 0 Å². The van der Waals surface area contributed by atoms with E-state index in [0.29, 0.717) is 11.1 Å². The highest BCUT2D eigenvalue weighted by Crippen LogP contribution is 2.30. The van der Waals surface area contributed by atoms with Gasteiger partial charge < -0.3 is 9.47 Å². The molecule has 1 aliphatic rings. The molecule has 0 bridgehead atoms. The van der Waals surface area contributed by atoms with Crippen molar-refractivity contribution in [2.45, 2.75) is 5.92 Å². The zero-order valence-electron chi connectivity index (χ0n) is 13.6. The first-order valence-electron chi connectivity index (χ1n) is 7.47. The molecule has 2 aromatic rings. The molecule has 0 aromatic heterocycles. The SMILES string of the molecule is COC(=O)C(C(=O)OC)c1ccc2c(c1)C(=O)c1ccccc1C2=O. The lowest BCUT2D eigenvalue weighted by Gasteiger charge is -2.19. The monoisotopic (exact) mass is 338 g/mol. The van der Waals surface area contributed by atoms with E-state index in [1.54, 1.807) is 24.3 Å². The van der Waals surface area contributed by atoms with Gasteiger partial charge in [0.15, 0.2) is 17.5 Å². The maximum atomic E-state index is 12.7. The second-order valence-electron chi connectivity index (χ2n) is 5.49. The van der Waals surface area contributed by atoms with Crippen molar-refractivity contribution in [1.82, 2.24) is 0 Å². The normalized spacial score (nSPS) is 12.4. The fourth-order valence-corrected chi connectivity index (χ4v) is 2.90. The number of benzene rings is 2. The third-order valence-electron chi connectivity index (χ3n) is 4.16. The average Bonchev–Trinajstić information content (AvgIpc) is 2.65. The number of carbonyl (C=O) groups is 4. The summed E-state index contributed by atoms with van der Waals surface area (Å²) >= 11 is 0. The Labute approximate surface area is 143 Å². The summed E-state index contributed by atoms with van der Waals surface area (Å²) in [7, 11) is 2.31. The highest BCUT2D eigenvalue weighted by atomic mass is 16.5. The topological polar surface area (TPSA) is 86.7 Å². The average molecular weight is 338 g/mol. The van der Waals surface area contributed by atoms with Gasteiger partial charge in [0, 0.05) is 22.3 Å². The first kappa shape index (κ1) is 16.6. The number of fused-ring (bicyclic) bond motifs is 2. The fourth-order valence-electron chi connectivity index (χ4n) is 2.90. The standard InChI is InChI=1S/C19H14O6/c1-24-18(22)15(19(23)25-2)10-7-8-13-14(9-10)17(21)12-6-4-3-5-11(12)16(13)20/h3-9,15H,1-2H3. The second kappa shape index (κ2) is 6.32. The Bertz CT molecular complexity index is 896. The van der Waals surface area contributed by atoms with Gasteiger partial charge in [0.2, 0.25) is 0 Å². The van der Waals surface area contributed by atoms with Crippen LogP contribution >= 0.6 is 0 Å². The lowest BCUT2D eigenvalue weighted by Crippen LogP contribution is -2.26. The van der Waals surface area contributed by atoms with E-state index in [-0.39, 0.29) is 28.3 Å². The molecule has 6 nitrogen and oxygen atoms in total. The molecule has 6 heteroatoms. The Morgan fingerprint density at radius 2 is 1.24 bits per heavy atom. The Hall–Kier alpha value is -3.28. The van der Waals surface area contributed by atoms with Crippen LogP contribution in [0.2, 0.25) is 0 Å². The maximum Gasteiger partial charge on any atom is 0.324 e. The van der Waals surface area contributed by atoms with E-state index < -0.39 is 17.9 Å². The van der Waals surface area contributed by atoms with Crippen molar-refractivity contribution >= 4 is 23.5 Å². The molecular formula is C19H14O6. The molecule has 0 radical (unpaired) electrons. The van der Waals surface area contributed by atoms with Gasteiger partial charge in [-0.15, -0.1) is 0 Å². The van der Waals surface area contributed by atoms with Crippen LogP contribution in [0.3, 0.4) is 0 Å². The molecule has 0 aliphatic heterocycles. The molecule has 2 aromatic carbocycles. The summed E-state index contributed by atoms with van der Waals surface area (Å²) in [5.74, 6) is -3.53. The molecule has 3 rings (SSSR count). The maximum absolute atomic E-state index is 12.7. The summed E-state index contributed by atoms with van der Waals surface area (Å²) < 4.78 is 9.29. The Morgan fingerprint density at radius 1 is 0.760 bits per heavy atom. The lowest BCUT2D eigenvalue weighted by molar-refractivity contribution is -0.154. The van der Waals surface area contributed by atoms with Crippen LogP contribution in [-0.2, 0) is 19.1 Å². The zero-order valence-corrected chi connectivity index (χ0v) is 13.6. The summed E-state index contributed by atoms with van der Waals surface area (Å²) in [5.41, 5.74) is 1.26. The van der Waals surface area contributed by atoms with Gasteiger partial charge in [-0.2, -0.15) is 0 Å². The van der Waals surface area contributed by atoms with E-state index >= 15 is 0 Å². The molecule has 0 fully saturated rings. The number of rotatable bonds is 3. The highest BCUT2D eigenvalue weighted by Gasteiger charge is 2.34. The molecule has 0 unspecified atom stereocenters. The van der Waals surface area contributed by atoms with Crippen molar-refractivity contribution in [1.29, 1.82) is 0 Å². The van der Waals surface area contributed by atoms with E-state index in [1.165, 1.54) is 18.2 Å². The molecule has 1 aliphatic carbocycles. The van der Waals surface area contributed by atoms with Crippen LogP contribution in [0.25, 0.3) is 0 Å². The van der Waals surface area contributed by atoms with Gasteiger partial charge in [0.05, 0.1) is 14.2 Å². The van der Waals surface area contributed by atoms with Gasteiger partial charge in [-0.05, 0) is 17.7 Å². The smallest absolute Gasteiger partial charge is 0.324 e. The van der Waals surface area contributed by atoms with Crippen molar-refractivity contribution in [3.05, 3.63) is 70.3 Å². The number of ether oxygens (including phenoxy) is 2. The number of carbonyl (C=O) groups excluding carboxylic acids is 4. The van der Waals surface area contributed by atoms with Crippen LogP contribution < -0.4 is 0 Å². The number of esters is 2. The highest BCUT2D eigenvalue weighted by molar-refractivity contribution is 6.28. The van der Waals surface area contributed by atoms with E-state index in [0.717, 1.165) is 14.2 Å². The third kappa shape index (κ3) is 2.61. The van der Waals surface area contributed by atoms with E-state index in [2.05, 4.69) is 9.47 Å². The van der Waals surface area contributed by atoms with E-state index in [4.69, 9.17) is 0 Å². The quantitative estimate of drug-likeness (QED) is 0.535. The van der Waals surface area contributed by atoms with Crippen molar-refractivity contribution in [3.8, 4) is 0 Å². The van der Waals surface area contributed by atoms with Gasteiger partial charge in [-0.3, -0.25) is 19.2 Å². The number of hydrogen-bond acceptors (Lipinski definition) is 6. The van der Waals surface area contributed by atoms with Crippen LogP contribution in [0.1, 0.15) is 43.3 Å². The summed E-state index contributed by atoms with van der Waals surface area (Å²) in [6, 6.07) is 10.8. The fraction of sp³-hybridized carbons (Fsp3) is 0.158. The number of ketones is 2. The van der Waals surface area contributed by atoms with Crippen molar-refractivity contribution < 1.29 is 28.7 Å². The van der Waals surface area contributed by atoms with Crippen LogP contribution in [-0.4, -0.2) is 37.7 Å². The lowest BCUT2D eigenvalue weighted by atomic mass is 9.82. The van der Waals surface area contributed by atoms with Crippen LogP contribution in [0.4, 0.5) is 0 Å². The third-order valence-corrected chi connectivity index (χ3v) is 4.16. The van der Waals surface area contributed by atoms with Gasteiger partial charge in [-0.25, -0.2) is 0 Å². The van der Waals surface area contributed by atoms with E-state index in [9.17, 15) is 19.2 Å². The van der Waals surface area contributed by atoms with Crippen LogP contribution in [0, 0.1) is 0 Å². The molecule has 0 spiro atoms. The molecule has 0 saturated carbocycles. The molecule has 0 saturated heterocycles. The first-order chi connectivity index (χ1) is 12.0. The van der Waals surface area contributed by atoms with Gasteiger partial charge in [-0.1, -0.05) is 30.3 Å². The van der Waals surface area contributed by atoms with Gasteiger partial charge in [0.25, 0.3) is 0 Å². The number of hydrogen-bond donors (Lipinski definition) is 0. The zero-order chi connectivity index (χ0) is 18.1.